The van der Waals surface area contributed by atoms with Gasteiger partial charge in [0.05, 0.1) is 18.2 Å². The summed E-state index contributed by atoms with van der Waals surface area (Å²) in [5, 5.41) is 0.464. The zero-order chi connectivity index (χ0) is 14.7. The Morgan fingerprint density at radius 1 is 1.14 bits per heavy atom. The third-order valence-electron chi connectivity index (χ3n) is 3.43. The van der Waals surface area contributed by atoms with Crippen molar-refractivity contribution >= 4 is 17.4 Å². The summed E-state index contributed by atoms with van der Waals surface area (Å²) in [6, 6.07) is 14.2. The summed E-state index contributed by atoms with van der Waals surface area (Å²) in [4.78, 5) is 12.4. The van der Waals surface area contributed by atoms with Gasteiger partial charge in [-0.05, 0) is 36.4 Å². The summed E-state index contributed by atoms with van der Waals surface area (Å²) in [6.07, 6.45) is 1.01. The van der Waals surface area contributed by atoms with Crippen molar-refractivity contribution in [3.8, 4) is 5.75 Å². The Bertz CT molecular complexity index is 631. The first-order chi connectivity index (χ1) is 10.2. The summed E-state index contributed by atoms with van der Waals surface area (Å²) in [5.41, 5.74) is 1.11. The lowest BCUT2D eigenvalue weighted by molar-refractivity contribution is 0.103. The van der Waals surface area contributed by atoms with Gasteiger partial charge in [-0.25, -0.2) is 0 Å². The highest BCUT2D eigenvalue weighted by atomic mass is 35.5. The lowest BCUT2D eigenvalue weighted by Crippen LogP contribution is -2.15. The van der Waals surface area contributed by atoms with E-state index in [2.05, 4.69) is 0 Å². The van der Waals surface area contributed by atoms with E-state index in [9.17, 15) is 4.79 Å². The second kappa shape index (κ2) is 6.29. The highest BCUT2D eigenvalue weighted by Crippen LogP contribution is 2.22. The Balaban J connectivity index is 1.74. The second-order valence-corrected chi connectivity index (χ2v) is 5.34. The van der Waals surface area contributed by atoms with Crippen molar-refractivity contribution in [3.63, 3.8) is 0 Å². The summed E-state index contributed by atoms with van der Waals surface area (Å²) in [5.74, 6) is 0.664. The van der Waals surface area contributed by atoms with Crippen LogP contribution in [0.5, 0.6) is 5.75 Å². The van der Waals surface area contributed by atoms with Crippen LogP contribution in [0.1, 0.15) is 22.3 Å². The second-order valence-electron chi connectivity index (χ2n) is 4.94. The maximum Gasteiger partial charge on any atom is 0.194 e. The molecule has 3 rings (SSSR count). The van der Waals surface area contributed by atoms with Gasteiger partial charge in [0.2, 0.25) is 0 Å². The van der Waals surface area contributed by atoms with Crippen LogP contribution in [0, 0.1) is 0 Å². The van der Waals surface area contributed by atoms with Gasteiger partial charge in [-0.15, -0.1) is 0 Å². The molecule has 2 aromatic carbocycles. The van der Waals surface area contributed by atoms with E-state index in [1.54, 1.807) is 36.4 Å². The van der Waals surface area contributed by atoms with Crippen molar-refractivity contribution in [1.29, 1.82) is 0 Å². The van der Waals surface area contributed by atoms with Gasteiger partial charge in [0.1, 0.15) is 11.9 Å². The molecule has 0 radical (unpaired) electrons. The van der Waals surface area contributed by atoms with Gasteiger partial charge in [0.25, 0.3) is 0 Å². The lowest BCUT2D eigenvalue weighted by Gasteiger charge is -2.12. The van der Waals surface area contributed by atoms with Crippen molar-refractivity contribution in [3.05, 3.63) is 64.7 Å². The van der Waals surface area contributed by atoms with Gasteiger partial charge in [0, 0.05) is 17.5 Å². The number of hydrogen-bond donors (Lipinski definition) is 0. The average Bonchev–Trinajstić information content (AvgIpc) is 3.01. The number of carbonyl (C=O) groups is 1. The van der Waals surface area contributed by atoms with Crippen LogP contribution in [-0.4, -0.2) is 25.1 Å². The van der Waals surface area contributed by atoms with Gasteiger partial charge in [-0.1, -0.05) is 23.7 Å². The number of benzene rings is 2. The van der Waals surface area contributed by atoms with Crippen LogP contribution < -0.4 is 4.74 Å². The molecule has 0 unspecified atom stereocenters. The maximum atomic E-state index is 12.4. The van der Waals surface area contributed by atoms with Crippen LogP contribution in [0.4, 0.5) is 0 Å². The molecule has 1 aliphatic heterocycles. The molecule has 3 nitrogen and oxygen atoms in total. The summed E-state index contributed by atoms with van der Waals surface area (Å²) in [6.45, 7) is 1.37. The van der Waals surface area contributed by atoms with Crippen molar-refractivity contribution in [2.24, 2.45) is 0 Å². The van der Waals surface area contributed by atoms with E-state index >= 15 is 0 Å². The molecule has 108 valence electrons. The van der Waals surface area contributed by atoms with E-state index in [0.717, 1.165) is 18.8 Å². The highest BCUT2D eigenvalue weighted by molar-refractivity contribution is 6.34. The largest absolute Gasteiger partial charge is 0.488 e. The molecular weight excluding hydrogens is 288 g/mol. The molecule has 1 fully saturated rings. The number of rotatable bonds is 4. The topological polar surface area (TPSA) is 35.5 Å². The van der Waals surface area contributed by atoms with Crippen molar-refractivity contribution < 1.29 is 14.3 Å². The van der Waals surface area contributed by atoms with E-state index in [-0.39, 0.29) is 11.9 Å². The monoisotopic (exact) mass is 302 g/mol. The molecule has 0 saturated carbocycles. The van der Waals surface area contributed by atoms with Crippen LogP contribution in [0.2, 0.25) is 5.02 Å². The van der Waals surface area contributed by atoms with Crippen LogP contribution in [0.3, 0.4) is 0 Å². The van der Waals surface area contributed by atoms with Gasteiger partial charge >= 0.3 is 0 Å². The Morgan fingerprint density at radius 2 is 1.90 bits per heavy atom. The highest BCUT2D eigenvalue weighted by Gasteiger charge is 2.17. The van der Waals surface area contributed by atoms with Crippen molar-refractivity contribution in [2.45, 2.75) is 12.5 Å². The summed E-state index contributed by atoms with van der Waals surface area (Å²) in [7, 11) is 0. The fraction of sp³-hybridized carbons (Fsp3) is 0.235. The predicted octanol–water partition coefficient (Wildman–Crippen LogP) is 3.74. The number of carbonyl (C=O) groups excluding carboxylic acids is 1. The zero-order valence-electron chi connectivity index (χ0n) is 11.4. The normalized spacial score (nSPS) is 17.7. The third kappa shape index (κ3) is 3.26. The van der Waals surface area contributed by atoms with Crippen molar-refractivity contribution in [1.82, 2.24) is 0 Å². The first-order valence-corrected chi connectivity index (χ1v) is 7.25. The average molecular weight is 303 g/mol. The molecule has 1 atom stereocenters. The third-order valence-corrected chi connectivity index (χ3v) is 3.76. The summed E-state index contributed by atoms with van der Waals surface area (Å²) >= 11 is 6.05. The molecule has 0 N–H and O–H groups in total. The van der Waals surface area contributed by atoms with E-state index in [1.807, 2.05) is 12.1 Å². The Kier molecular flexibility index (Phi) is 4.23. The zero-order valence-corrected chi connectivity index (χ0v) is 12.2. The number of hydrogen-bond acceptors (Lipinski definition) is 3. The summed E-state index contributed by atoms with van der Waals surface area (Å²) < 4.78 is 11.0. The quantitative estimate of drug-likeness (QED) is 0.807. The minimum atomic E-state index is -0.0867. The molecule has 2 aromatic rings. The van der Waals surface area contributed by atoms with E-state index in [1.165, 1.54) is 0 Å². The van der Waals surface area contributed by atoms with Crippen LogP contribution in [0.15, 0.2) is 48.5 Å². The standard InChI is InChI=1S/C17H15ClO3/c18-16-4-2-1-3-15(16)17(19)12-5-7-13(8-6-12)21-14-9-10-20-11-14/h1-8,14H,9-11H2/t14-/m1/s1. The van der Waals surface area contributed by atoms with E-state index < -0.39 is 0 Å². The minimum Gasteiger partial charge on any atom is -0.488 e. The van der Waals surface area contributed by atoms with Gasteiger partial charge < -0.3 is 9.47 Å². The van der Waals surface area contributed by atoms with Gasteiger partial charge in [0.15, 0.2) is 5.78 Å². The fourth-order valence-electron chi connectivity index (χ4n) is 2.28. The van der Waals surface area contributed by atoms with Crippen LogP contribution in [0.25, 0.3) is 0 Å². The minimum absolute atomic E-state index is 0.0867. The van der Waals surface area contributed by atoms with E-state index in [4.69, 9.17) is 21.1 Å². The number of ether oxygens (including phenoxy) is 2. The lowest BCUT2D eigenvalue weighted by atomic mass is 10.0. The number of halogens is 1. The maximum absolute atomic E-state index is 12.4. The Hall–Kier alpha value is -1.84. The predicted molar refractivity (Wildman–Crippen MR) is 81.2 cm³/mol. The molecule has 0 aliphatic carbocycles. The number of ketones is 1. The molecule has 1 heterocycles. The molecule has 21 heavy (non-hydrogen) atoms. The molecule has 4 heteroatoms. The molecule has 0 amide bonds. The molecular formula is C17H15ClO3. The molecule has 1 aliphatic rings. The smallest absolute Gasteiger partial charge is 0.194 e. The van der Waals surface area contributed by atoms with Crippen molar-refractivity contribution in [2.75, 3.05) is 13.2 Å². The molecule has 0 spiro atoms. The Labute approximate surface area is 128 Å². The van der Waals surface area contributed by atoms with Gasteiger partial charge in [-0.3, -0.25) is 4.79 Å². The fourth-order valence-corrected chi connectivity index (χ4v) is 2.51. The molecule has 0 aromatic heterocycles. The Morgan fingerprint density at radius 3 is 2.57 bits per heavy atom. The van der Waals surface area contributed by atoms with Gasteiger partial charge in [-0.2, -0.15) is 0 Å². The SMILES string of the molecule is O=C(c1ccc(O[C@@H]2CCOC2)cc1)c1ccccc1Cl. The first-order valence-electron chi connectivity index (χ1n) is 6.88. The first kappa shape index (κ1) is 14.1. The van der Waals surface area contributed by atoms with Crippen LogP contribution >= 0.6 is 11.6 Å². The molecule has 0 bridgehead atoms. The molecule has 1 saturated heterocycles. The van der Waals surface area contributed by atoms with Crippen LogP contribution in [-0.2, 0) is 4.74 Å². The van der Waals surface area contributed by atoms with E-state index in [0.29, 0.717) is 22.8 Å².